The number of amides is 1. The van der Waals surface area contributed by atoms with Gasteiger partial charge in [0.1, 0.15) is 17.3 Å². The second-order valence-electron chi connectivity index (χ2n) is 6.29. The molecule has 0 unspecified atom stereocenters. The number of carbonyl (C=O) groups is 2. The van der Waals surface area contributed by atoms with Gasteiger partial charge >= 0.3 is 5.97 Å². The number of nitrogens with one attached hydrogen (secondary N) is 1. The Labute approximate surface area is 171 Å². The maximum Gasteiger partial charge on any atom is 0.331 e. The van der Waals surface area contributed by atoms with Crippen molar-refractivity contribution < 1.29 is 23.1 Å². The first-order valence-electron chi connectivity index (χ1n) is 9.03. The third-order valence-corrected chi connectivity index (χ3v) is 4.26. The molecule has 0 saturated carbocycles. The number of halogens is 2. The number of rotatable bonds is 7. The van der Waals surface area contributed by atoms with Gasteiger partial charge in [-0.1, -0.05) is 24.3 Å². The van der Waals surface area contributed by atoms with Crippen molar-refractivity contribution in [2.75, 3.05) is 11.9 Å². The average Bonchev–Trinajstić information content (AvgIpc) is 3.10. The second kappa shape index (κ2) is 9.47. The van der Waals surface area contributed by atoms with E-state index < -0.39 is 35.8 Å². The summed E-state index contributed by atoms with van der Waals surface area (Å²) in [5, 5.41) is 11.7. The molecule has 0 spiro atoms. The fourth-order valence-corrected chi connectivity index (χ4v) is 2.90. The molecule has 152 valence electrons. The van der Waals surface area contributed by atoms with Crippen LogP contribution >= 0.6 is 0 Å². The number of benzene rings is 2. The molecule has 0 aliphatic carbocycles. The Bertz CT molecular complexity index is 1140. The summed E-state index contributed by atoms with van der Waals surface area (Å²) in [6.45, 7) is -0.178. The molecule has 1 heterocycles. The van der Waals surface area contributed by atoms with Gasteiger partial charge in [0.25, 0.3) is 5.91 Å². The molecule has 0 radical (unpaired) electrons. The second-order valence-corrected chi connectivity index (χ2v) is 6.29. The monoisotopic (exact) mass is 409 g/mol. The molecule has 2 aromatic carbocycles. The summed E-state index contributed by atoms with van der Waals surface area (Å²) in [5.41, 5.74) is 1.07. The molecule has 3 rings (SSSR count). The van der Waals surface area contributed by atoms with Crippen molar-refractivity contribution in [1.82, 2.24) is 4.57 Å². The quantitative estimate of drug-likeness (QED) is 0.472. The lowest BCUT2D eigenvalue weighted by Crippen LogP contribution is -2.21. The average molecular weight is 409 g/mol. The Kier molecular flexibility index (Phi) is 6.55. The number of aryl methyl sites for hydroxylation is 1. The SMILES string of the molecule is N#CCCn1cc(/C=C/C(=O)OCC(=O)Nc2c(F)cccc2F)c2ccccc21. The molecule has 1 amide bonds. The molecule has 1 N–H and O–H groups in total. The van der Waals surface area contributed by atoms with Crippen LogP contribution < -0.4 is 5.32 Å². The zero-order valence-electron chi connectivity index (χ0n) is 15.8. The summed E-state index contributed by atoms with van der Waals surface area (Å²) in [6, 6.07) is 12.8. The third-order valence-electron chi connectivity index (χ3n) is 4.26. The molecule has 0 fully saturated rings. The summed E-state index contributed by atoms with van der Waals surface area (Å²) in [4.78, 5) is 23.7. The molecule has 0 aliphatic heterocycles. The molecule has 6 nitrogen and oxygen atoms in total. The summed E-state index contributed by atoms with van der Waals surface area (Å²) < 4.78 is 33.8. The minimum atomic E-state index is -0.928. The smallest absolute Gasteiger partial charge is 0.331 e. The Morgan fingerprint density at radius 2 is 1.87 bits per heavy atom. The summed E-state index contributed by atoms with van der Waals surface area (Å²) in [5.74, 6) is -3.51. The summed E-state index contributed by atoms with van der Waals surface area (Å²) in [7, 11) is 0. The molecule has 0 saturated heterocycles. The van der Waals surface area contributed by atoms with Crippen molar-refractivity contribution in [3.8, 4) is 6.07 Å². The number of para-hydroxylation sites is 2. The van der Waals surface area contributed by atoms with Gasteiger partial charge in [-0.3, -0.25) is 4.79 Å². The maximum absolute atomic E-state index is 13.5. The number of anilines is 1. The van der Waals surface area contributed by atoms with Crippen LogP contribution in [0.1, 0.15) is 12.0 Å². The fraction of sp³-hybridized carbons (Fsp3) is 0.136. The molecule has 0 bridgehead atoms. The van der Waals surface area contributed by atoms with Crippen LogP contribution in [0, 0.1) is 23.0 Å². The zero-order valence-corrected chi connectivity index (χ0v) is 15.8. The van der Waals surface area contributed by atoms with E-state index >= 15 is 0 Å². The van der Waals surface area contributed by atoms with E-state index in [0.717, 1.165) is 34.7 Å². The number of nitriles is 1. The van der Waals surface area contributed by atoms with Crippen molar-refractivity contribution in [2.45, 2.75) is 13.0 Å². The minimum absolute atomic E-state index is 0.349. The van der Waals surface area contributed by atoms with Crippen molar-refractivity contribution in [3.05, 3.63) is 71.9 Å². The topological polar surface area (TPSA) is 84.1 Å². The van der Waals surface area contributed by atoms with E-state index in [0.29, 0.717) is 13.0 Å². The van der Waals surface area contributed by atoms with Crippen LogP contribution in [0.4, 0.5) is 14.5 Å². The van der Waals surface area contributed by atoms with Gasteiger partial charge in [0.05, 0.1) is 12.5 Å². The van der Waals surface area contributed by atoms with Crippen molar-refractivity contribution >= 4 is 34.5 Å². The minimum Gasteiger partial charge on any atom is -0.452 e. The van der Waals surface area contributed by atoms with Gasteiger partial charge in [-0.05, 0) is 24.3 Å². The lowest BCUT2D eigenvalue weighted by Gasteiger charge is -2.07. The number of carbonyl (C=O) groups excluding carboxylic acids is 2. The van der Waals surface area contributed by atoms with E-state index in [4.69, 9.17) is 10.00 Å². The molecular weight excluding hydrogens is 392 g/mol. The largest absolute Gasteiger partial charge is 0.452 e. The first kappa shape index (κ1) is 20.7. The number of hydrogen-bond acceptors (Lipinski definition) is 4. The van der Waals surface area contributed by atoms with Crippen LogP contribution in [-0.2, 0) is 20.9 Å². The van der Waals surface area contributed by atoms with E-state index in [1.54, 1.807) is 6.08 Å². The van der Waals surface area contributed by atoms with E-state index in [-0.39, 0.29) is 0 Å². The summed E-state index contributed by atoms with van der Waals surface area (Å²) >= 11 is 0. The van der Waals surface area contributed by atoms with Crippen LogP contribution in [0.25, 0.3) is 17.0 Å². The molecule has 30 heavy (non-hydrogen) atoms. The number of nitrogens with zero attached hydrogens (tertiary/aromatic N) is 2. The molecule has 3 aromatic rings. The standard InChI is InChI=1S/C22H17F2N3O3/c23-17-6-3-7-18(24)22(17)26-20(28)14-30-21(29)10-9-15-13-27(12-4-11-25)19-8-2-1-5-16(15)19/h1-3,5-10,13H,4,12,14H2,(H,26,28)/b10-9+. The van der Waals surface area contributed by atoms with Gasteiger partial charge in [0.15, 0.2) is 6.61 Å². The lowest BCUT2D eigenvalue weighted by atomic mass is 10.1. The molecular formula is C22H17F2N3O3. The molecule has 8 heteroatoms. The molecule has 1 aromatic heterocycles. The third kappa shape index (κ3) is 4.89. The van der Waals surface area contributed by atoms with Gasteiger partial charge in [0.2, 0.25) is 0 Å². The summed E-state index contributed by atoms with van der Waals surface area (Å²) in [6.07, 6.45) is 4.87. The first-order valence-corrected chi connectivity index (χ1v) is 9.03. The number of hydrogen-bond donors (Lipinski definition) is 1. The predicted octanol–water partition coefficient (Wildman–Crippen LogP) is 4.03. The van der Waals surface area contributed by atoms with Gasteiger partial charge in [-0.25, -0.2) is 13.6 Å². The van der Waals surface area contributed by atoms with Gasteiger partial charge < -0.3 is 14.6 Å². The molecule has 0 atom stereocenters. The van der Waals surface area contributed by atoms with Crippen molar-refractivity contribution in [1.29, 1.82) is 5.26 Å². The number of aromatic nitrogens is 1. The lowest BCUT2D eigenvalue weighted by molar-refractivity contribution is -0.142. The Morgan fingerprint density at radius 1 is 1.13 bits per heavy atom. The van der Waals surface area contributed by atoms with Gasteiger partial charge in [0, 0.05) is 35.3 Å². The number of esters is 1. The van der Waals surface area contributed by atoms with E-state index in [2.05, 4.69) is 6.07 Å². The van der Waals surface area contributed by atoms with Crippen LogP contribution in [-0.4, -0.2) is 23.1 Å². The van der Waals surface area contributed by atoms with Crippen molar-refractivity contribution in [3.63, 3.8) is 0 Å². The van der Waals surface area contributed by atoms with Crippen molar-refractivity contribution in [2.24, 2.45) is 0 Å². The Hall–Kier alpha value is -3.99. The number of ether oxygens (including phenoxy) is 1. The highest BCUT2D eigenvalue weighted by Crippen LogP contribution is 2.23. The zero-order chi connectivity index (χ0) is 21.5. The maximum atomic E-state index is 13.5. The van der Waals surface area contributed by atoms with Gasteiger partial charge in [-0.15, -0.1) is 0 Å². The highest BCUT2D eigenvalue weighted by Gasteiger charge is 2.13. The van der Waals surface area contributed by atoms with Crippen LogP contribution in [0.3, 0.4) is 0 Å². The molecule has 0 aliphatic rings. The highest BCUT2D eigenvalue weighted by atomic mass is 19.1. The van der Waals surface area contributed by atoms with Crippen LogP contribution in [0.5, 0.6) is 0 Å². The van der Waals surface area contributed by atoms with E-state index in [9.17, 15) is 18.4 Å². The van der Waals surface area contributed by atoms with E-state index in [1.807, 2.05) is 40.3 Å². The van der Waals surface area contributed by atoms with Crippen LogP contribution in [0.2, 0.25) is 0 Å². The van der Waals surface area contributed by atoms with E-state index in [1.165, 1.54) is 6.07 Å². The Balaban J connectivity index is 1.62. The predicted molar refractivity (Wildman–Crippen MR) is 107 cm³/mol. The highest BCUT2D eigenvalue weighted by molar-refractivity contribution is 5.96. The number of fused-ring (bicyclic) bond motifs is 1. The van der Waals surface area contributed by atoms with Crippen LogP contribution in [0.15, 0.2) is 54.7 Å². The van der Waals surface area contributed by atoms with Gasteiger partial charge in [-0.2, -0.15) is 5.26 Å². The first-order chi connectivity index (χ1) is 14.5. The Morgan fingerprint density at radius 3 is 2.60 bits per heavy atom. The normalized spacial score (nSPS) is 10.8. The fourth-order valence-electron chi connectivity index (χ4n) is 2.90.